The first-order valence-electron chi connectivity index (χ1n) is 7.54. The lowest BCUT2D eigenvalue weighted by Gasteiger charge is -2.17. The maximum absolute atomic E-state index is 12.3. The summed E-state index contributed by atoms with van der Waals surface area (Å²) in [5.41, 5.74) is 3.89. The first-order valence-corrected chi connectivity index (χ1v) is 7.54. The zero-order chi connectivity index (χ0) is 16.4. The molecule has 2 amide bonds. The molecular formula is C18H19N3O2. The minimum Gasteiger partial charge on any atom is -0.378 e. The largest absolute Gasteiger partial charge is 0.378 e. The van der Waals surface area contributed by atoms with E-state index in [2.05, 4.69) is 10.6 Å². The Balaban J connectivity index is 1.77. The molecule has 0 atom stereocenters. The zero-order valence-corrected chi connectivity index (χ0v) is 13.2. The number of carbonyl (C=O) groups is 2. The molecule has 2 N–H and O–H groups in total. The molecule has 23 heavy (non-hydrogen) atoms. The number of carbonyl (C=O) groups excluding carboxylic acids is 2. The third-order valence-corrected chi connectivity index (χ3v) is 3.94. The second kappa shape index (κ2) is 6.12. The second-order valence-electron chi connectivity index (χ2n) is 5.77. The van der Waals surface area contributed by atoms with Gasteiger partial charge in [0.05, 0.1) is 0 Å². The number of fused-ring (bicyclic) bond motifs is 1. The van der Waals surface area contributed by atoms with Crippen LogP contribution in [-0.4, -0.2) is 32.5 Å². The Labute approximate surface area is 135 Å². The molecule has 1 aliphatic heterocycles. The van der Waals surface area contributed by atoms with Gasteiger partial charge in [-0.25, -0.2) is 0 Å². The predicted octanol–water partition coefficient (Wildman–Crippen LogP) is 2.29. The Morgan fingerprint density at radius 2 is 1.87 bits per heavy atom. The molecule has 5 nitrogen and oxygen atoms in total. The van der Waals surface area contributed by atoms with Crippen molar-refractivity contribution in [3.63, 3.8) is 0 Å². The lowest BCUT2D eigenvalue weighted by molar-refractivity contribution is 0.0944. The molecule has 0 radical (unpaired) electrons. The summed E-state index contributed by atoms with van der Waals surface area (Å²) in [4.78, 5) is 26.2. The van der Waals surface area contributed by atoms with Crippen molar-refractivity contribution in [2.75, 3.05) is 30.9 Å². The number of anilines is 2. The van der Waals surface area contributed by atoms with E-state index < -0.39 is 0 Å². The van der Waals surface area contributed by atoms with Gasteiger partial charge in [0.15, 0.2) is 0 Å². The molecule has 118 valence electrons. The molecule has 0 aromatic heterocycles. The lowest BCUT2D eigenvalue weighted by Crippen LogP contribution is -2.31. The summed E-state index contributed by atoms with van der Waals surface area (Å²) < 4.78 is 0. The summed E-state index contributed by atoms with van der Waals surface area (Å²) in [6.45, 7) is 0.662. The van der Waals surface area contributed by atoms with Crippen LogP contribution in [0.1, 0.15) is 26.3 Å². The average molecular weight is 309 g/mol. The fraction of sp³-hybridized carbons (Fsp3) is 0.222. The fourth-order valence-corrected chi connectivity index (χ4v) is 2.60. The van der Waals surface area contributed by atoms with Crippen LogP contribution in [0.25, 0.3) is 0 Å². The summed E-state index contributed by atoms with van der Waals surface area (Å²) in [5, 5.41) is 5.66. The van der Waals surface area contributed by atoms with Gasteiger partial charge in [0.25, 0.3) is 11.8 Å². The Bertz CT molecular complexity index is 751. The van der Waals surface area contributed by atoms with Crippen molar-refractivity contribution < 1.29 is 9.59 Å². The van der Waals surface area contributed by atoms with E-state index in [-0.39, 0.29) is 11.8 Å². The van der Waals surface area contributed by atoms with Crippen LogP contribution in [0.15, 0.2) is 42.5 Å². The molecule has 3 rings (SSSR count). The Kier molecular flexibility index (Phi) is 4.02. The number of nitrogens with zero attached hydrogens (tertiary/aromatic N) is 1. The van der Waals surface area contributed by atoms with Crippen molar-refractivity contribution >= 4 is 23.2 Å². The third-order valence-electron chi connectivity index (χ3n) is 3.94. The number of hydrogen-bond acceptors (Lipinski definition) is 3. The van der Waals surface area contributed by atoms with Crippen LogP contribution in [0.5, 0.6) is 0 Å². The topological polar surface area (TPSA) is 61.4 Å². The monoisotopic (exact) mass is 309 g/mol. The van der Waals surface area contributed by atoms with Crippen molar-refractivity contribution in [2.24, 2.45) is 0 Å². The SMILES string of the molecule is CN(C)c1ccc(C(=O)Nc2ccc3c(c2)C(=O)NCC3)cc1. The molecular weight excluding hydrogens is 290 g/mol. The maximum Gasteiger partial charge on any atom is 0.255 e. The van der Waals surface area contributed by atoms with E-state index in [4.69, 9.17) is 0 Å². The Morgan fingerprint density at radius 3 is 2.57 bits per heavy atom. The van der Waals surface area contributed by atoms with Crippen LogP contribution in [0.2, 0.25) is 0 Å². The van der Waals surface area contributed by atoms with Crippen LogP contribution in [0.3, 0.4) is 0 Å². The minimum absolute atomic E-state index is 0.0855. The highest BCUT2D eigenvalue weighted by molar-refractivity contribution is 6.05. The van der Waals surface area contributed by atoms with Gasteiger partial charge in [-0.05, 0) is 48.4 Å². The highest BCUT2D eigenvalue weighted by Crippen LogP contribution is 2.20. The normalized spacial score (nSPS) is 13.0. The van der Waals surface area contributed by atoms with Crippen LogP contribution >= 0.6 is 0 Å². The second-order valence-corrected chi connectivity index (χ2v) is 5.77. The molecule has 2 aromatic rings. The van der Waals surface area contributed by atoms with Gasteiger partial charge in [0, 0.05) is 43.1 Å². The molecule has 5 heteroatoms. The van der Waals surface area contributed by atoms with Gasteiger partial charge < -0.3 is 15.5 Å². The van der Waals surface area contributed by atoms with Crippen LogP contribution < -0.4 is 15.5 Å². The van der Waals surface area contributed by atoms with Crippen molar-refractivity contribution in [3.05, 3.63) is 59.2 Å². The fourth-order valence-electron chi connectivity index (χ4n) is 2.60. The highest BCUT2D eigenvalue weighted by Gasteiger charge is 2.17. The zero-order valence-electron chi connectivity index (χ0n) is 13.2. The number of hydrogen-bond donors (Lipinski definition) is 2. The average Bonchev–Trinajstić information content (AvgIpc) is 2.55. The van der Waals surface area contributed by atoms with E-state index in [1.54, 1.807) is 18.2 Å². The van der Waals surface area contributed by atoms with Crippen LogP contribution in [-0.2, 0) is 6.42 Å². The molecule has 0 spiro atoms. The van der Waals surface area contributed by atoms with Gasteiger partial charge in [-0.1, -0.05) is 6.07 Å². The number of amides is 2. The van der Waals surface area contributed by atoms with E-state index >= 15 is 0 Å². The first-order chi connectivity index (χ1) is 11.0. The molecule has 0 unspecified atom stereocenters. The van der Waals surface area contributed by atoms with E-state index in [9.17, 15) is 9.59 Å². The Morgan fingerprint density at radius 1 is 1.13 bits per heavy atom. The van der Waals surface area contributed by atoms with Crippen molar-refractivity contribution in [1.82, 2.24) is 5.32 Å². The first kappa shape index (κ1) is 15.1. The van der Waals surface area contributed by atoms with E-state index in [0.717, 1.165) is 17.7 Å². The number of benzene rings is 2. The van der Waals surface area contributed by atoms with Crippen LogP contribution in [0, 0.1) is 0 Å². The van der Waals surface area contributed by atoms with E-state index in [0.29, 0.717) is 23.4 Å². The highest BCUT2D eigenvalue weighted by atomic mass is 16.2. The van der Waals surface area contributed by atoms with Gasteiger partial charge >= 0.3 is 0 Å². The van der Waals surface area contributed by atoms with Crippen molar-refractivity contribution in [3.8, 4) is 0 Å². The van der Waals surface area contributed by atoms with Crippen molar-refractivity contribution in [1.29, 1.82) is 0 Å². The molecule has 2 aromatic carbocycles. The van der Waals surface area contributed by atoms with Gasteiger partial charge in [0.2, 0.25) is 0 Å². The molecule has 0 fully saturated rings. The number of rotatable bonds is 3. The summed E-state index contributed by atoms with van der Waals surface area (Å²) in [6.07, 6.45) is 0.821. The van der Waals surface area contributed by atoms with Gasteiger partial charge in [-0.15, -0.1) is 0 Å². The summed E-state index contributed by atoms with van der Waals surface area (Å²) in [7, 11) is 3.90. The summed E-state index contributed by atoms with van der Waals surface area (Å²) in [5.74, 6) is -0.274. The van der Waals surface area contributed by atoms with E-state index in [1.807, 2.05) is 43.3 Å². The van der Waals surface area contributed by atoms with Gasteiger partial charge in [-0.3, -0.25) is 9.59 Å². The Hall–Kier alpha value is -2.82. The molecule has 1 aliphatic rings. The van der Waals surface area contributed by atoms with Crippen molar-refractivity contribution in [2.45, 2.75) is 6.42 Å². The maximum atomic E-state index is 12.3. The summed E-state index contributed by atoms with van der Waals surface area (Å²) in [6, 6.07) is 12.8. The number of nitrogens with one attached hydrogen (secondary N) is 2. The van der Waals surface area contributed by atoms with Gasteiger partial charge in [0.1, 0.15) is 0 Å². The molecule has 0 aliphatic carbocycles. The molecule has 0 bridgehead atoms. The molecule has 0 saturated heterocycles. The lowest BCUT2D eigenvalue weighted by atomic mass is 10.00. The summed E-state index contributed by atoms with van der Waals surface area (Å²) >= 11 is 0. The van der Waals surface area contributed by atoms with Crippen LogP contribution in [0.4, 0.5) is 11.4 Å². The predicted molar refractivity (Wildman–Crippen MR) is 91.2 cm³/mol. The minimum atomic E-state index is -0.188. The van der Waals surface area contributed by atoms with E-state index in [1.165, 1.54) is 0 Å². The third kappa shape index (κ3) is 3.18. The van der Waals surface area contributed by atoms with Gasteiger partial charge in [-0.2, -0.15) is 0 Å². The molecule has 0 saturated carbocycles. The quantitative estimate of drug-likeness (QED) is 0.914. The molecule has 1 heterocycles. The standard InChI is InChI=1S/C18H19N3O2/c1-21(2)15-7-4-13(5-8-15)17(22)20-14-6-3-12-9-10-19-18(23)16(12)11-14/h3-8,11H,9-10H2,1-2H3,(H,19,23)(H,20,22). The smallest absolute Gasteiger partial charge is 0.255 e.